The van der Waals surface area contributed by atoms with Crippen LogP contribution in [-0.4, -0.2) is 49.3 Å². The lowest BCUT2D eigenvalue weighted by molar-refractivity contribution is -0.144. The van der Waals surface area contributed by atoms with Gasteiger partial charge in [0.05, 0.1) is 41.8 Å². The molecule has 0 spiro atoms. The first-order valence-corrected chi connectivity index (χ1v) is 13.3. The van der Waals surface area contributed by atoms with Gasteiger partial charge in [-0.3, -0.25) is 9.48 Å². The Bertz CT molecular complexity index is 1290. The second-order valence-electron chi connectivity index (χ2n) is 10.1. The minimum absolute atomic E-state index is 0.257. The average Bonchev–Trinajstić information content (AvgIpc) is 3.29. The summed E-state index contributed by atoms with van der Waals surface area (Å²) >= 11 is 13.6. The Kier molecular flexibility index (Phi) is 7.40. The van der Waals surface area contributed by atoms with E-state index in [0.29, 0.717) is 32.4 Å². The Balaban J connectivity index is 1.46. The maximum atomic E-state index is 11.8. The molecule has 1 N–H and O–H groups in total. The summed E-state index contributed by atoms with van der Waals surface area (Å²) in [4.78, 5) is 11.8. The number of hydrogen-bond donors (Lipinski definition) is 1. The minimum Gasteiger partial charge on any atom is -0.481 e. The molecule has 5 rings (SSSR count). The lowest BCUT2D eigenvalue weighted by Crippen LogP contribution is -2.49. The van der Waals surface area contributed by atoms with Gasteiger partial charge in [-0.05, 0) is 79.3 Å². The highest BCUT2D eigenvalue weighted by Crippen LogP contribution is 2.37. The van der Waals surface area contributed by atoms with Crippen LogP contribution < -0.4 is 0 Å². The lowest BCUT2D eigenvalue weighted by Gasteiger charge is -2.40. The molecule has 1 aliphatic heterocycles. The number of fused-ring (bicyclic) bond motifs is 2. The summed E-state index contributed by atoms with van der Waals surface area (Å²) in [7, 11) is 0. The Morgan fingerprint density at radius 1 is 1.25 bits per heavy atom. The Labute approximate surface area is 221 Å². The van der Waals surface area contributed by atoms with Gasteiger partial charge in [0.1, 0.15) is 0 Å². The fourth-order valence-corrected chi connectivity index (χ4v) is 6.02. The molecule has 0 radical (unpaired) electrons. The van der Waals surface area contributed by atoms with E-state index in [9.17, 15) is 9.90 Å². The average molecular weight is 528 g/mol. The molecular weight excluding hydrogens is 497 g/mol. The number of ether oxygens (including phenoxy) is 1. The van der Waals surface area contributed by atoms with Gasteiger partial charge < -0.3 is 9.84 Å². The first-order chi connectivity index (χ1) is 17.3. The Hall–Kier alpha value is -2.38. The summed E-state index contributed by atoms with van der Waals surface area (Å²) in [6.07, 6.45) is 5.17. The van der Waals surface area contributed by atoms with Crippen LogP contribution >= 0.6 is 23.4 Å². The van der Waals surface area contributed by atoms with Gasteiger partial charge in [0.15, 0.2) is 0 Å². The number of carboxylic acids is 1. The number of aromatic nitrogens is 2. The van der Waals surface area contributed by atoms with Gasteiger partial charge in [-0.2, -0.15) is 5.10 Å². The van der Waals surface area contributed by atoms with E-state index < -0.39 is 18.0 Å². The molecule has 8 heteroatoms. The van der Waals surface area contributed by atoms with Crippen LogP contribution in [0, 0.1) is 5.92 Å². The molecule has 0 bridgehead atoms. The quantitative estimate of drug-likeness (QED) is 0.298. The molecule has 1 saturated heterocycles. The number of alkyl halides is 1. The Morgan fingerprint density at radius 3 is 2.83 bits per heavy atom. The molecule has 1 aromatic heterocycles. The van der Waals surface area contributed by atoms with E-state index >= 15 is 0 Å². The molecule has 4 unspecified atom stereocenters. The van der Waals surface area contributed by atoms with Crippen LogP contribution in [0.1, 0.15) is 49.4 Å². The second kappa shape index (κ2) is 10.5. The maximum absolute atomic E-state index is 11.8. The third-order valence-corrected chi connectivity index (χ3v) is 8.15. The smallest absolute Gasteiger partial charge is 0.306 e. The van der Waals surface area contributed by atoms with Crippen LogP contribution in [0.4, 0.5) is 0 Å². The highest BCUT2D eigenvalue weighted by atomic mass is 35.5. The van der Waals surface area contributed by atoms with Crippen LogP contribution in [0.5, 0.6) is 0 Å². The number of nitrogens with zero attached hydrogens (tertiary/aromatic N) is 3. The second-order valence-corrected chi connectivity index (χ2v) is 11.0. The van der Waals surface area contributed by atoms with Crippen LogP contribution in [0.25, 0.3) is 17.0 Å². The van der Waals surface area contributed by atoms with Crippen molar-refractivity contribution in [2.45, 2.75) is 63.3 Å². The van der Waals surface area contributed by atoms with Crippen molar-refractivity contribution in [3.05, 3.63) is 70.9 Å². The first-order valence-electron chi connectivity index (χ1n) is 12.5. The van der Waals surface area contributed by atoms with Gasteiger partial charge in [0, 0.05) is 18.0 Å². The van der Waals surface area contributed by atoms with E-state index in [1.807, 2.05) is 23.0 Å². The van der Waals surface area contributed by atoms with E-state index in [-0.39, 0.29) is 17.5 Å². The van der Waals surface area contributed by atoms with Crippen molar-refractivity contribution in [3.8, 4) is 0 Å². The molecule has 0 amide bonds. The van der Waals surface area contributed by atoms with Crippen molar-refractivity contribution >= 4 is 46.3 Å². The van der Waals surface area contributed by atoms with E-state index in [2.05, 4.69) is 55.4 Å². The normalized spacial score (nSPS) is 23.5. The zero-order valence-corrected chi connectivity index (χ0v) is 22.0. The number of rotatable bonds is 7. The first kappa shape index (κ1) is 25.3. The fraction of sp³-hybridized carbons (Fsp3) is 0.429. The van der Waals surface area contributed by atoms with Crippen LogP contribution in [0.15, 0.2) is 54.2 Å². The minimum atomic E-state index is -0.790. The summed E-state index contributed by atoms with van der Waals surface area (Å²) in [5.41, 5.74) is 5.37. The monoisotopic (exact) mass is 527 g/mol. The zero-order chi connectivity index (χ0) is 25.4. The van der Waals surface area contributed by atoms with Gasteiger partial charge in [-0.15, -0.1) is 11.6 Å². The van der Waals surface area contributed by atoms with Crippen molar-refractivity contribution < 1.29 is 14.6 Å². The SMILES string of the molecule is CC(C)n1ncc2cc(COC(C3=Cc4ccccc4CC3Cl)C3CC(C(=O)O)CCN3Cl)ccc21. The van der Waals surface area contributed by atoms with Gasteiger partial charge in [0.25, 0.3) is 0 Å². The lowest BCUT2D eigenvalue weighted by atomic mass is 9.82. The Morgan fingerprint density at radius 2 is 2.06 bits per heavy atom. The number of carboxylic acid groups (broad SMARTS) is 1. The van der Waals surface area contributed by atoms with Gasteiger partial charge >= 0.3 is 5.97 Å². The summed E-state index contributed by atoms with van der Waals surface area (Å²) in [5.74, 6) is -1.25. The number of piperidine rings is 1. The molecule has 2 heterocycles. The molecular formula is C28H31Cl2N3O3. The van der Waals surface area contributed by atoms with E-state index in [1.54, 1.807) is 4.42 Å². The standard InChI is InChI=1S/C28H31Cl2N3O3/c1-17(2)33-25-8-7-18(11-22(25)15-31-33)16-36-27(26-14-21(28(34)35)9-10-32(26)30)23-12-19-5-3-4-6-20(19)13-24(23)29/h3-8,11-12,15,17,21,24,26-27H,9-10,13-14,16H2,1-2H3,(H,34,35). The molecule has 190 valence electrons. The number of carbonyl (C=O) groups is 1. The fourth-order valence-electron chi connectivity index (χ4n) is 5.39. The third kappa shape index (κ3) is 5.05. The van der Waals surface area contributed by atoms with Crippen molar-refractivity contribution in [2.75, 3.05) is 6.54 Å². The van der Waals surface area contributed by atoms with Crippen molar-refractivity contribution in [3.63, 3.8) is 0 Å². The third-order valence-electron chi connectivity index (χ3n) is 7.32. The van der Waals surface area contributed by atoms with Crippen molar-refractivity contribution in [2.24, 2.45) is 5.92 Å². The van der Waals surface area contributed by atoms with Gasteiger partial charge in [0.2, 0.25) is 0 Å². The maximum Gasteiger partial charge on any atom is 0.306 e. The van der Waals surface area contributed by atoms with Gasteiger partial charge in [-0.25, -0.2) is 4.42 Å². The molecule has 36 heavy (non-hydrogen) atoms. The molecule has 1 fully saturated rings. The highest BCUT2D eigenvalue weighted by Gasteiger charge is 2.40. The molecule has 0 saturated carbocycles. The molecule has 6 nitrogen and oxygen atoms in total. The zero-order valence-electron chi connectivity index (χ0n) is 20.5. The van der Waals surface area contributed by atoms with Crippen molar-refractivity contribution in [1.82, 2.24) is 14.2 Å². The van der Waals surface area contributed by atoms with Crippen LogP contribution in [-0.2, 0) is 22.6 Å². The molecule has 2 aliphatic rings. The number of benzene rings is 2. The predicted molar refractivity (Wildman–Crippen MR) is 143 cm³/mol. The largest absolute Gasteiger partial charge is 0.481 e. The number of aliphatic carboxylic acids is 1. The predicted octanol–water partition coefficient (Wildman–Crippen LogP) is 6.07. The highest BCUT2D eigenvalue weighted by molar-refractivity contribution is 6.23. The van der Waals surface area contributed by atoms with Crippen molar-refractivity contribution in [1.29, 1.82) is 0 Å². The van der Waals surface area contributed by atoms with E-state index in [0.717, 1.165) is 27.6 Å². The van der Waals surface area contributed by atoms with Gasteiger partial charge in [-0.1, -0.05) is 36.4 Å². The summed E-state index contributed by atoms with van der Waals surface area (Å²) in [5, 5.41) is 15.0. The summed E-state index contributed by atoms with van der Waals surface area (Å²) in [6.45, 7) is 5.06. The summed E-state index contributed by atoms with van der Waals surface area (Å²) < 4.78 is 10.3. The van der Waals surface area contributed by atoms with E-state index in [1.165, 1.54) is 5.56 Å². The molecule has 1 aliphatic carbocycles. The number of halogens is 2. The topological polar surface area (TPSA) is 67.6 Å². The molecule has 3 aromatic rings. The molecule has 4 atom stereocenters. The molecule has 2 aromatic carbocycles. The summed E-state index contributed by atoms with van der Waals surface area (Å²) in [6, 6.07) is 14.4. The van der Waals surface area contributed by atoms with E-state index in [4.69, 9.17) is 28.1 Å². The number of hydrogen-bond acceptors (Lipinski definition) is 4. The van der Waals surface area contributed by atoms with Crippen LogP contribution in [0.3, 0.4) is 0 Å². The van der Waals surface area contributed by atoms with Crippen LogP contribution in [0.2, 0.25) is 0 Å².